The third-order valence-electron chi connectivity index (χ3n) is 3.16. The molecule has 0 radical (unpaired) electrons. The van der Waals surface area contributed by atoms with Crippen molar-refractivity contribution in [3.05, 3.63) is 41.3 Å². The molecule has 1 aromatic rings. The lowest BCUT2D eigenvalue weighted by atomic mass is 10.0. The number of anilines is 1. The molecule has 2 aliphatic rings. The zero-order valence-corrected chi connectivity index (χ0v) is 12.0. The fraction of sp³-hybridized carbons (Fsp3) is 0.143. The van der Waals surface area contributed by atoms with E-state index in [1.165, 1.54) is 5.01 Å². The molecule has 2 heterocycles. The summed E-state index contributed by atoms with van der Waals surface area (Å²) in [5.41, 5.74) is 1.32. The normalized spacial score (nSPS) is 23.8. The zero-order chi connectivity index (χ0) is 15.0. The van der Waals surface area contributed by atoms with Crippen LogP contribution >= 0.6 is 11.8 Å². The number of nitrogens with one attached hydrogen (secondary N) is 2. The van der Waals surface area contributed by atoms with E-state index in [0.29, 0.717) is 16.3 Å². The van der Waals surface area contributed by atoms with Crippen LogP contribution in [0.1, 0.15) is 6.92 Å². The van der Waals surface area contributed by atoms with Crippen LogP contribution < -0.4 is 10.3 Å². The van der Waals surface area contributed by atoms with Crippen LogP contribution in [0.25, 0.3) is 0 Å². The summed E-state index contributed by atoms with van der Waals surface area (Å²) >= 11 is 1.02. The molecule has 0 saturated carbocycles. The number of amidine groups is 1. The van der Waals surface area contributed by atoms with Crippen LogP contribution in [0.4, 0.5) is 5.69 Å². The summed E-state index contributed by atoms with van der Waals surface area (Å²) in [5.74, 6) is -1.11. The topological polar surface area (TPSA) is 85.6 Å². The molecule has 6 nitrogen and oxygen atoms in total. The maximum absolute atomic E-state index is 12.5. The summed E-state index contributed by atoms with van der Waals surface area (Å²) < 4.78 is 0. The van der Waals surface area contributed by atoms with Gasteiger partial charge in [-0.25, -0.2) is 0 Å². The van der Waals surface area contributed by atoms with Crippen LogP contribution in [0.15, 0.2) is 46.4 Å². The van der Waals surface area contributed by atoms with Gasteiger partial charge in [-0.1, -0.05) is 18.2 Å². The zero-order valence-electron chi connectivity index (χ0n) is 11.2. The Morgan fingerprint density at radius 3 is 2.67 bits per heavy atom. The van der Waals surface area contributed by atoms with Crippen LogP contribution in [0.5, 0.6) is 0 Å². The molecule has 1 unspecified atom stereocenters. The summed E-state index contributed by atoms with van der Waals surface area (Å²) in [5, 5.41) is 15.5. The summed E-state index contributed by atoms with van der Waals surface area (Å²) in [6.45, 7) is 1.76. The van der Waals surface area contributed by atoms with Gasteiger partial charge in [-0.05, 0) is 36.9 Å². The number of thioether (sulfide) groups is 1. The van der Waals surface area contributed by atoms with Crippen molar-refractivity contribution < 1.29 is 9.59 Å². The third-order valence-corrected chi connectivity index (χ3v) is 4.01. The first-order valence-electron chi connectivity index (χ1n) is 6.30. The van der Waals surface area contributed by atoms with E-state index in [4.69, 9.17) is 5.41 Å². The van der Waals surface area contributed by atoms with E-state index in [9.17, 15) is 9.59 Å². The molecule has 106 valence electrons. The van der Waals surface area contributed by atoms with Crippen molar-refractivity contribution in [2.24, 2.45) is 11.0 Å². The smallest absolute Gasteiger partial charge is 0.263 e. The van der Waals surface area contributed by atoms with Crippen molar-refractivity contribution >= 4 is 40.1 Å². The van der Waals surface area contributed by atoms with E-state index in [1.54, 1.807) is 25.1 Å². The van der Waals surface area contributed by atoms with Crippen molar-refractivity contribution in [1.29, 1.82) is 5.41 Å². The van der Waals surface area contributed by atoms with Gasteiger partial charge in [-0.3, -0.25) is 15.0 Å². The average molecular weight is 300 g/mol. The molecule has 2 amide bonds. The Balaban J connectivity index is 1.88. The van der Waals surface area contributed by atoms with E-state index in [2.05, 4.69) is 10.4 Å². The first kappa shape index (κ1) is 13.6. The van der Waals surface area contributed by atoms with E-state index in [0.717, 1.165) is 11.8 Å². The number of hydrazone groups is 1. The first-order valence-corrected chi connectivity index (χ1v) is 7.11. The first-order chi connectivity index (χ1) is 10.1. The van der Waals surface area contributed by atoms with Gasteiger partial charge in [-0.2, -0.15) is 10.1 Å². The molecule has 3 rings (SSSR count). The van der Waals surface area contributed by atoms with Gasteiger partial charge in [0.15, 0.2) is 5.17 Å². The number of hydrogen-bond donors (Lipinski definition) is 2. The Labute approximate surface area is 125 Å². The fourth-order valence-corrected chi connectivity index (χ4v) is 2.84. The highest BCUT2D eigenvalue weighted by Crippen LogP contribution is 2.29. The lowest BCUT2D eigenvalue weighted by Crippen LogP contribution is -2.26. The van der Waals surface area contributed by atoms with Crippen molar-refractivity contribution in [3.63, 3.8) is 0 Å². The highest BCUT2D eigenvalue weighted by atomic mass is 32.2. The third kappa shape index (κ3) is 2.47. The second-order valence-corrected chi connectivity index (χ2v) is 5.67. The predicted octanol–water partition coefficient (Wildman–Crippen LogP) is 1.71. The maximum Gasteiger partial charge on any atom is 0.263 e. The van der Waals surface area contributed by atoms with Gasteiger partial charge >= 0.3 is 0 Å². The summed E-state index contributed by atoms with van der Waals surface area (Å²) in [7, 11) is 0. The molecule has 7 heteroatoms. The molecule has 0 aromatic heterocycles. The Bertz CT molecular complexity index is 696. The number of amides is 2. The lowest BCUT2D eigenvalue weighted by Gasteiger charge is -2.12. The number of carbonyl (C=O) groups excluding carboxylic acids is 2. The van der Waals surface area contributed by atoms with Gasteiger partial charge in [0.25, 0.3) is 11.8 Å². The molecule has 2 aliphatic heterocycles. The molecular formula is C14H12N4O2S. The van der Waals surface area contributed by atoms with Crippen molar-refractivity contribution in [2.45, 2.75) is 6.92 Å². The molecule has 2 N–H and O–H groups in total. The van der Waals surface area contributed by atoms with Gasteiger partial charge in [0.1, 0.15) is 0 Å². The van der Waals surface area contributed by atoms with Crippen molar-refractivity contribution in [3.8, 4) is 0 Å². The summed E-state index contributed by atoms with van der Waals surface area (Å²) in [6.07, 6.45) is 1.58. The van der Waals surface area contributed by atoms with Gasteiger partial charge < -0.3 is 5.32 Å². The van der Waals surface area contributed by atoms with Crippen LogP contribution in [-0.4, -0.2) is 22.7 Å². The molecule has 1 aromatic carbocycles. The molecule has 0 spiro atoms. The minimum atomic E-state index is -0.565. The van der Waals surface area contributed by atoms with E-state index >= 15 is 0 Å². The van der Waals surface area contributed by atoms with E-state index in [1.807, 2.05) is 18.2 Å². The second kappa shape index (κ2) is 5.17. The fourth-order valence-electron chi connectivity index (χ4n) is 2.13. The number of para-hydroxylation sites is 1. The van der Waals surface area contributed by atoms with Crippen molar-refractivity contribution in [2.75, 3.05) is 5.01 Å². The molecular weight excluding hydrogens is 288 g/mol. The lowest BCUT2D eigenvalue weighted by molar-refractivity contribution is -0.118. The average Bonchev–Trinajstić information content (AvgIpc) is 2.93. The number of carbonyl (C=O) groups is 2. The Hall–Kier alpha value is -2.41. The molecule has 1 fully saturated rings. The largest absolute Gasteiger partial charge is 0.301 e. The number of nitrogens with zero attached hydrogens (tertiary/aromatic N) is 2. The molecule has 0 aliphatic carbocycles. The van der Waals surface area contributed by atoms with Gasteiger partial charge in [0.05, 0.1) is 22.2 Å². The summed E-state index contributed by atoms with van der Waals surface area (Å²) in [4.78, 5) is 24.5. The number of hydrogen-bond acceptors (Lipinski definition) is 5. The molecule has 1 saturated heterocycles. The standard InChI is InChI=1S/C14H12N4O2S/c1-8-10(7-11-12(19)16-14(15)21-11)13(20)18(17-8)9-5-3-2-4-6-9/h2-7,10H,1H3,(H2,15,16,19). The molecule has 21 heavy (non-hydrogen) atoms. The van der Waals surface area contributed by atoms with Gasteiger partial charge in [0, 0.05) is 0 Å². The van der Waals surface area contributed by atoms with Crippen LogP contribution in [0.2, 0.25) is 0 Å². The predicted molar refractivity (Wildman–Crippen MR) is 82.1 cm³/mol. The quantitative estimate of drug-likeness (QED) is 0.815. The minimum absolute atomic E-state index is 0.0752. The van der Waals surface area contributed by atoms with E-state index in [-0.39, 0.29) is 17.0 Å². The number of benzene rings is 1. The molecule has 1 atom stereocenters. The minimum Gasteiger partial charge on any atom is -0.301 e. The summed E-state index contributed by atoms with van der Waals surface area (Å²) in [6, 6.07) is 9.14. The molecule has 0 bridgehead atoms. The van der Waals surface area contributed by atoms with E-state index < -0.39 is 5.92 Å². The van der Waals surface area contributed by atoms with Gasteiger partial charge in [0.2, 0.25) is 0 Å². The van der Waals surface area contributed by atoms with Crippen LogP contribution in [0.3, 0.4) is 0 Å². The number of rotatable bonds is 2. The highest BCUT2D eigenvalue weighted by molar-refractivity contribution is 8.18. The maximum atomic E-state index is 12.5. The Kier molecular flexibility index (Phi) is 3.34. The Morgan fingerprint density at radius 1 is 1.33 bits per heavy atom. The van der Waals surface area contributed by atoms with Gasteiger partial charge in [-0.15, -0.1) is 0 Å². The monoisotopic (exact) mass is 300 g/mol. The SMILES string of the molecule is CC1=NN(c2ccccc2)C(=O)C1C=C1SC(=N)NC1=O. The Morgan fingerprint density at radius 2 is 2.05 bits per heavy atom. The van der Waals surface area contributed by atoms with Crippen molar-refractivity contribution in [1.82, 2.24) is 5.32 Å². The second-order valence-electron chi connectivity index (χ2n) is 4.62. The van der Waals surface area contributed by atoms with Crippen LogP contribution in [-0.2, 0) is 9.59 Å². The van der Waals surface area contributed by atoms with Crippen LogP contribution in [0, 0.1) is 11.3 Å². The highest BCUT2D eigenvalue weighted by Gasteiger charge is 2.35.